The van der Waals surface area contributed by atoms with Crippen LogP contribution in [-0.4, -0.2) is 45.1 Å². The lowest BCUT2D eigenvalue weighted by Gasteiger charge is -2.62. The molecular weight excluding hydrogens is 474 g/mol. The zero-order valence-corrected chi connectivity index (χ0v) is 23.6. The molecule has 11 atom stereocenters. The summed E-state index contributed by atoms with van der Waals surface area (Å²) in [6.45, 7) is 11.1. The zero-order chi connectivity index (χ0) is 26.4. The molecule has 4 rings (SSSR count). The number of Topliss-reactive ketones (excluding diaryl/α,β-unsaturated/α-hetero) is 1. The molecule has 36 heavy (non-hydrogen) atoms. The van der Waals surface area contributed by atoms with Crippen molar-refractivity contribution >= 4 is 28.8 Å². The minimum atomic E-state index is -1.03. The van der Waals surface area contributed by atoms with Crippen molar-refractivity contribution in [2.24, 2.45) is 52.3 Å². The molecule has 0 aliphatic heterocycles. The number of aliphatic hydroxyl groups is 1. The van der Waals surface area contributed by atoms with Gasteiger partial charge in [-0.2, -0.15) is 0 Å². The van der Waals surface area contributed by atoms with Gasteiger partial charge in [0.2, 0.25) is 0 Å². The molecule has 0 spiro atoms. The van der Waals surface area contributed by atoms with Gasteiger partial charge in [0.15, 0.2) is 0 Å². The fourth-order valence-electron chi connectivity index (χ4n) is 9.72. The number of rotatable bonds is 7. The first-order valence-electron chi connectivity index (χ1n) is 14.3. The van der Waals surface area contributed by atoms with Gasteiger partial charge in [-0.05, 0) is 98.2 Å². The van der Waals surface area contributed by atoms with E-state index in [0.29, 0.717) is 35.4 Å². The third kappa shape index (κ3) is 4.88. The molecule has 1 amide bonds. The number of ketones is 1. The van der Waals surface area contributed by atoms with Crippen LogP contribution in [0.5, 0.6) is 0 Å². The molecule has 6 nitrogen and oxygen atoms in total. The quantitative estimate of drug-likeness (QED) is 0.393. The van der Waals surface area contributed by atoms with Crippen LogP contribution in [0.15, 0.2) is 0 Å². The summed E-state index contributed by atoms with van der Waals surface area (Å²) in [5.41, 5.74) is 0.319. The highest BCUT2D eigenvalue weighted by Crippen LogP contribution is 2.68. The molecule has 3 N–H and O–H groups in total. The Kier molecular flexibility index (Phi) is 8.22. The number of carboxylic acid groups (broad SMARTS) is 1. The van der Waals surface area contributed by atoms with E-state index in [1.54, 1.807) is 0 Å². The minimum absolute atomic E-state index is 0.0887. The zero-order valence-electron chi connectivity index (χ0n) is 22.8. The number of nitrogens with one attached hydrogen (secondary N) is 1. The van der Waals surface area contributed by atoms with Crippen molar-refractivity contribution in [3.8, 4) is 0 Å². The highest BCUT2D eigenvalue weighted by molar-refractivity contribution is 8.14. The van der Waals surface area contributed by atoms with Crippen molar-refractivity contribution in [3.05, 3.63) is 0 Å². The van der Waals surface area contributed by atoms with Crippen molar-refractivity contribution in [1.29, 1.82) is 0 Å². The summed E-state index contributed by atoms with van der Waals surface area (Å²) in [5.74, 6) is 1.93. The van der Waals surface area contributed by atoms with Crippen LogP contribution in [0.3, 0.4) is 0 Å². The van der Waals surface area contributed by atoms with Crippen LogP contribution in [0.2, 0.25) is 0 Å². The molecule has 0 aromatic carbocycles. The van der Waals surface area contributed by atoms with E-state index < -0.39 is 5.97 Å². The lowest BCUT2D eigenvalue weighted by Crippen LogP contribution is -2.60. The normalized spacial score (nSPS) is 43.6. The number of fused-ring (bicyclic) bond motifs is 5. The lowest BCUT2D eigenvalue weighted by molar-refractivity contribution is -0.173. The smallest absolute Gasteiger partial charge is 0.323 e. The van der Waals surface area contributed by atoms with Crippen LogP contribution in [0.25, 0.3) is 0 Å². The first-order valence-corrected chi connectivity index (χ1v) is 15.2. The minimum Gasteiger partial charge on any atom is -0.480 e. The highest BCUT2D eigenvalue weighted by Gasteiger charge is 2.65. The fraction of sp³-hybridized carbons (Fsp3) is 0.897. The second kappa shape index (κ2) is 10.6. The van der Waals surface area contributed by atoms with E-state index in [1.165, 1.54) is 18.2 Å². The Balaban J connectivity index is 1.48. The van der Waals surface area contributed by atoms with Crippen molar-refractivity contribution in [1.82, 2.24) is 5.32 Å². The SMILES string of the molecule is CC[C@H]1C(=O)C2C(CC[C@@]3(C)C2CC[C@@H]3[C@H](C)C[C@H](C)SC(=O)NCC(=O)O)[C@@]2(C)CC[C@@H](O)CC12. The number of carboxylic acids is 1. The van der Waals surface area contributed by atoms with Crippen molar-refractivity contribution in [2.75, 3.05) is 6.54 Å². The number of amides is 1. The Hall–Kier alpha value is -1.08. The van der Waals surface area contributed by atoms with Crippen LogP contribution < -0.4 is 5.32 Å². The summed E-state index contributed by atoms with van der Waals surface area (Å²) in [7, 11) is 0. The molecule has 0 radical (unpaired) electrons. The van der Waals surface area contributed by atoms with Gasteiger partial charge in [-0.15, -0.1) is 0 Å². The predicted octanol–water partition coefficient (Wildman–Crippen LogP) is 5.76. The van der Waals surface area contributed by atoms with Gasteiger partial charge < -0.3 is 15.5 Å². The van der Waals surface area contributed by atoms with E-state index in [9.17, 15) is 19.5 Å². The lowest BCUT2D eigenvalue weighted by atomic mass is 9.42. The maximum atomic E-state index is 14.1. The fourth-order valence-corrected chi connectivity index (χ4v) is 10.6. The third-order valence-corrected chi connectivity index (χ3v) is 12.2. The summed E-state index contributed by atoms with van der Waals surface area (Å²) in [4.78, 5) is 36.9. The average Bonchev–Trinajstić information content (AvgIpc) is 3.16. The van der Waals surface area contributed by atoms with E-state index in [4.69, 9.17) is 5.11 Å². The third-order valence-electron chi connectivity index (χ3n) is 11.3. The number of carbonyl (C=O) groups is 3. The van der Waals surface area contributed by atoms with Gasteiger partial charge in [-0.25, -0.2) is 0 Å². The number of aliphatic hydroxyl groups excluding tert-OH is 1. The summed E-state index contributed by atoms with van der Waals surface area (Å²) in [6, 6.07) is 0. The summed E-state index contributed by atoms with van der Waals surface area (Å²) in [5, 5.41) is 21.5. The van der Waals surface area contributed by atoms with Gasteiger partial charge in [0.25, 0.3) is 5.24 Å². The van der Waals surface area contributed by atoms with Crippen molar-refractivity contribution in [2.45, 2.75) is 104 Å². The molecule has 0 bridgehead atoms. The van der Waals surface area contributed by atoms with Gasteiger partial charge in [0.1, 0.15) is 12.3 Å². The molecule has 0 aromatic rings. The number of aliphatic carboxylic acids is 1. The van der Waals surface area contributed by atoms with Crippen molar-refractivity contribution in [3.63, 3.8) is 0 Å². The first-order chi connectivity index (χ1) is 16.9. The maximum Gasteiger partial charge on any atom is 0.323 e. The predicted molar refractivity (Wildman–Crippen MR) is 143 cm³/mol. The molecule has 0 heterocycles. The molecule has 4 unspecified atom stereocenters. The Labute approximate surface area is 221 Å². The first kappa shape index (κ1) is 27.9. The van der Waals surface area contributed by atoms with E-state index in [1.807, 2.05) is 0 Å². The Morgan fingerprint density at radius 3 is 2.39 bits per heavy atom. The average molecular weight is 522 g/mol. The monoisotopic (exact) mass is 521 g/mol. The molecule has 0 saturated heterocycles. The molecule has 204 valence electrons. The standard InChI is InChI=1S/C29H47NO5S/c1-6-19-23-14-18(31)9-11-29(23,5)22-10-12-28(4)20(7-8-21(28)25(22)26(19)34)16(2)13-17(3)36-27(35)30-15-24(32)33/h16-23,25,31H,6-15H2,1-5H3,(H,30,35)(H,32,33)/t16-,17+,18-,19-,20-,21?,22?,23?,25?,28-,29-/m1/s1. The number of carbonyl (C=O) groups excluding carboxylic acids is 2. The molecule has 7 heteroatoms. The molecular formula is C29H47NO5S. The molecule has 4 saturated carbocycles. The number of thioether (sulfide) groups is 1. The van der Waals surface area contributed by atoms with Crippen LogP contribution >= 0.6 is 11.8 Å². The molecule has 0 aromatic heterocycles. The van der Waals surface area contributed by atoms with E-state index >= 15 is 0 Å². The maximum absolute atomic E-state index is 14.1. The van der Waals surface area contributed by atoms with Crippen molar-refractivity contribution < 1.29 is 24.6 Å². The molecule has 4 fully saturated rings. The van der Waals surface area contributed by atoms with Crippen LogP contribution in [0.1, 0.15) is 92.4 Å². The largest absolute Gasteiger partial charge is 0.480 e. The number of hydrogen-bond acceptors (Lipinski definition) is 5. The molecule has 4 aliphatic rings. The highest BCUT2D eigenvalue weighted by atomic mass is 32.2. The van der Waals surface area contributed by atoms with Crippen LogP contribution in [0.4, 0.5) is 4.79 Å². The Morgan fingerprint density at radius 1 is 1.06 bits per heavy atom. The van der Waals surface area contributed by atoms with Crippen LogP contribution in [0, 0.1) is 52.3 Å². The van der Waals surface area contributed by atoms with Gasteiger partial charge >= 0.3 is 5.97 Å². The van der Waals surface area contributed by atoms with E-state index in [0.717, 1.165) is 51.4 Å². The van der Waals surface area contributed by atoms with Gasteiger partial charge in [0.05, 0.1) is 6.10 Å². The van der Waals surface area contributed by atoms with Gasteiger partial charge in [0, 0.05) is 17.1 Å². The Bertz CT molecular complexity index is 865. The Morgan fingerprint density at radius 2 is 1.72 bits per heavy atom. The summed E-state index contributed by atoms with van der Waals surface area (Å²) < 4.78 is 0. The summed E-state index contributed by atoms with van der Waals surface area (Å²) >= 11 is 1.20. The van der Waals surface area contributed by atoms with Gasteiger partial charge in [-0.1, -0.05) is 46.4 Å². The second-order valence-corrected chi connectivity index (χ2v) is 14.5. The second-order valence-electron chi connectivity index (χ2n) is 13.1. The van der Waals surface area contributed by atoms with E-state index in [-0.39, 0.29) is 45.8 Å². The van der Waals surface area contributed by atoms with Gasteiger partial charge in [-0.3, -0.25) is 14.4 Å². The summed E-state index contributed by atoms with van der Waals surface area (Å²) in [6.07, 6.45) is 8.82. The van der Waals surface area contributed by atoms with E-state index in [2.05, 4.69) is 39.9 Å². The number of hydrogen-bond donors (Lipinski definition) is 3. The molecule has 4 aliphatic carbocycles. The topological polar surface area (TPSA) is 104 Å². The van der Waals surface area contributed by atoms with Crippen LogP contribution in [-0.2, 0) is 9.59 Å².